The Morgan fingerprint density at radius 2 is 2.31 bits per heavy atom. The van der Waals surface area contributed by atoms with E-state index >= 15 is 0 Å². The van der Waals surface area contributed by atoms with Crippen LogP contribution < -0.4 is 4.74 Å². The Kier molecular flexibility index (Phi) is 2.76. The van der Waals surface area contributed by atoms with Gasteiger partial charge in [-0.05, 0) is 12.1 Å². The predicted octanol–water partition coefficient (Wildman–Crippen LogP) is 2.19. The van der Waals surface area contributed by atoms with E-state index in [1.807, 2.05) is 18.2 Å². The van der Waals surface area contributed by atoms with E-state index in [1.54, 1.807) is 18.9 Å². The molecule has 0 aliphatic carbocycles. The van der Waals surface area contributed by atoms with Crippen LogP contribution in [0.15, 0.2) is 29.2 Å². The minimum absolute atomic E-state index is 0.468. The lowest BCUT2D eigenvalue weighted by molar-refractivity contribution is 0.404. The van der Waals surface area contributed by atoms with E-state index in [-0.39, 0.29) is 0 Å². The molecule has 0 amide bonds. The predicted molar refractivity (Wildman–Crippen MR) is 53.5 cm³/mol. The van der Waals surface area contributed by atoms with Gasteiger partial charge < -0.3 is 9.47 Å². The zero-order valence-corrected chi connectivity index (χ0v) is 8.34. The number of ether oxygens (including phenoxy) is 2. The maximum atomic E-state index is 5.24. The van der Waals surface area contributed by atoms with E-state index in [9.17, 15) is 0 Å². The summed E-state index contributed by atoms with van der Waals surface area (Å²) < 4.78 is 10.4. The quantitative estimate of drug-likeness (QED) is 0.544. The Morgan fingerprint density at radius 3 is 3.00 bits per heavy atom. The molecule has 1 heterocycles. The maximum Gasteiger partial charge on any atom is 0.132 e. The van der Waals surface area contributed by atoms with Crippen LogP contribution in [0.4, 0.5) is 0 Å². The van der Waals surface area contributed by atoms with Gasteiger partial charge in [0, 0.05) is 10.6 Å². The van der Waals surface area contributed by atoms with Crippen molar-refractivity contribution in [1.82, 2.24) is 0 Å². The van der Waals surface area contributed by atoms with Crippen LogP contribution in [0.25, 0.3) is 0 Å². The average molecular weight is 196 g/mol. The fourth-order valence-electron chi connectivity index (χ4n) is 1.09. The number of benzene rings is 1. The summed E-state index contributed by atoms with van der Waals surface area (Å²) in [7, 11) is 1.70. The molecule has 0 aromatic heterocycles. The molecule has 0 saturated carbocycles. The smallest absolute Gasteiger partial charge is 0.132 e. The summed E-state index contributed by atoms with van der Waals surface area (Å²) in [4.78, 5) is 1.19. The molecule has 0 radical (unpaired) electrons. The van der Waals surface area contributed by atoms with Crippen molar-refractivity contribution in [2.75, 3.05) is 19.5 Å². The number of methoxy groups -OCH3 is 1. The lowest BCUT2D eigenvalue weighted by atomic mass is 10.3. The summed E-state index contributed by atoms with van der Waals surface area (Å²) >= 11 is 1.79. The third-order valence-corrected chi connectivity index (χ3v) is 3.08. The molecule has 0 bridgehead atoms. The molecule has 0 unspecified atom stereocenters. The van der Waals surface area contributed by atoms with Crippen molar-refractivity contribution in [3.63, 3.8) is 0 Å². The van der Waals surface area contributed by atoms with E-state index in [2.05, 4.69) is 6.07 Å². The lowest BCUT2D eigenvalue weighted by Gasteiger charge is -2.05. The standard InChI is InChI=1S/C10H12O2S/c1-11-9-4-2-3-5-10(9)13-7-8-6-12-8/h2-5,8H,6-7H2,1H3/t8-/m0/s1. The second-order valence-electron chi connectivity index (χ2n) is 2.92. The van der Waals surface area contributed by atoms with Crippen LogP contribution >= 0.6 is 11.8 Å². The summed E-state index contributed by atoms with van der Waals surface area (Å²) in [6.07, 6.45) is 0.468. The van der Waals surface area contributed by atoms with Gasteiger partial charge in [0.2, 0.25) is 0 Å². The molecule has 1 fully saturated rings. The van der Waals surface area contributed by atoms with Crippen molar-refractivity contribution >= 4 is 11.8 Å². The third-order valence-electron chi connectivity index (χ3n) is 1.90. The highest BCUT2D eigenvalue weighted by Crippen LogP contribution is 2.31. The van der Waals surface area contributed by atoms with Crippen LogP contribution in [0.3, 0.4) is 0 Å². The van der Waals surface area contributed by atoms with Gasteiger partial charge in [0.15, 0.2) is 0 Å². The number of rotatable bonds is 4. The Hall–Kier alpha value is -0.670. The topological polar surface area (TPSA) is 21.8 Å². The summed E-state index contributed by atoms with van der Waals surface area (Å²) in [5, 5.41) is 0. The number of para-hydroxylation sites is 1. The summed E-state index contributed by atoms with van der Waals surface area (Å²) in [5.74, 6) is 1.98. The number of epoxide rings is 1. The molecule has 0 spiro atoms. The van der Waals surface area contributed by atoms with Gasteiger partial charge in [-0.15, -0.1) is 11.8 Å². The first-order chi connectivity index (χ1) is 6.40. The number of hydrogen-bond acceptors (Lipinski definition) is 3. The molecule has 2 rings (SSSR count). The Bertz CT molecular complexity index is 284. The molecule has 1 atom stereocenters. The molecule has 13 heavy (non-hydrogen) atoms. The molecule has 1 aliphatic heterocycles. The second kappa shape index (κ2) is 4.03. The third kappa shape index (κ3) is 2.39. The zero-order valence-electron chi connectivity index (χ0n) is 7.53. The molecule has 1 aromatic carbocycles. The summed E-state index contributed by atoms with van der Waals surface area (Å²) in [5.41, 5.74) is 0. The number of hydrogen-bond donors (Lipinski definition) is 0. The minimum Gasteiger partial charge on any atom is -0.496 e. The first-order valence-corrected chi connectivity index (χ1v) is 5.26. The largest absolute Gasteiger partial charge is 0.496 e. The summed E-state index contributed by atoms with van der Waals surface area (Å²) in [6.45, 7) is 0.919. The molecule has 3 heteroatoms. The monoisotopic (exact) mass is 196 g/mol. The fourth-order valence-corrected chi connectivity index (χ4v) is 2.11. The van der Waals surface area contributed by atoms with Crippen molar-refractivity contribution in [2.24, 2.45) is 0 Å². The van der Waals surface area contributed by atoms with E-state index in [4.69, 9.17) is 9.47 Å². The van der Waals surface area contributed by atoms with Crippen LogP contribution in [-0.4, -0.2) is 25.6 Å². The number of thioether (sulfide) groups is 1. The molecule has 1 aromatic rings. The average Bonchev–Trinajstić information content (AvgIpc) is 2.99. The summed E-state index contributed by atoms with van der Waals surface area (Å²) in [6, 6.07) is 8.07. The highest BCUT2D eigenvalue weighted by atomic mass is 32.2. The van der Waals surface area contributed by atoms with Crippen LogP contribution in [-0.2, 0) is 4.74 Å². The van der Waals surface area contributed by atoms with Gasteiger partial charge in [-0.2, -0.15) is 0 Å². The SMILES string of the molecule is COc1ccccc1SC[C@@H]1CO1. The maximum absolute atomic E-state index is 5.24. The molecule has 1 saturated heterocycles. The van der Waals surface area contributed by atoms with Crippen molar-refractivity contribution in [2.45, 2.75) is 11.0 Å². The molecule has 2 nitrogen and oxygen atoms in total. The van der Waals surface area contributed by atoms with Crippen LogP contribution in [0.2, 0.25) is 0 Å². The highest BCUT2D eigenvalue weighted by Gasteiger charge is 2.22. The first kappa shape index (κ1) is 8.91. The molecule has 70 valence electrons. The van der Waals surface area contributed by atoms with Gasteiger partial charge in [0.05, 0.1) is 19.8 Å². The molecule has 1 aliphatic rings. The van der Waals surface area contributed by atoms with Gasteiger partial charge in [-0.25, -0.2) is 0 Å². The van der Waals surface area contributed by atoms with Crippen molar-refractivity contribution in [3.05, 3.63) is 24.3 Å². The second-order valence-corrected chi connectivity index (χ2v) is 3.98. The van der Waals surface area contributed by atoms with Gasteiger partial charge >= 0.3 is 0 Å². The van der Waals surface area contributed by atoms with Gasteiger partial charge in [0.25, 0.3) is 0 Å². The van der Waals surface area contributed by atoms with E-state index in [0.29, 0.717) is 6.10 Å². The van der Waals surface area contributed by atoms with Crippen molar-refractivity contribution in [1.29, 1.82) is 0 Å². The Labute approximate surface area is 82.2 Å². The van der Waals surface area contributed by atoms with Crippen LogP contribution in [0.5, 0.6) is 5.75 Å². The van der Waals surface area contributed by atoms with Gasteiger partial charge in [-0.3, -0.25) is 0 Å². The van der Waals surface area contributed by atoms with E-state index in [1.165, 1.54) is 4.90 Å². The zero-order chi connectivity index (χ0) is 9.10. The Balaban J connectivity index is 1.99. The van der Waals surface area contributed by atoms with E-state index in [0.717, 1.165) is 18.1 Å². The molecular formula is C10H12O2S. The molecular weight excluding hydrogens is 184 g/mol. The fraction of sp³-hybridized carbons (Fsp3) is 0.400. The normalized spacial score (nSPS) is 19.9. The first-order valence-electron chi connectivity index (χ1n) is 4.27. The highest BCUT2D eigenvalue weighted by molar-refractivity contribution is 7.99. The van der Waals surface area contributed by atoms with Crippen molar-refractivity contribution < 1.29 is 9.47 Å². The van der Waals surface area contributed by atoms with Gasteiger partial charge in [0.1, 0.15) is 5.75 Å². The minimum atomic E-state index is 0.468. The van der Waals surface area contributed by atoms with E-state index < -0.39 is 0 Å². The van der Waals surface area contributed by atoms with Crippen LogP contribution in [0.1, 0.15) is 0 Å². The van der Waals surface area contributed by atoms with Gasteiger partial charge in [-0.1, -0.05) is 12.1 Å². The Morgan fingerprint density at radius 1 is 1.54 bits per heavy atom. The molecule has 0 N–H and O–H groups in total. The van der Waals surface area contributed by atoms with Crippen LogP contribution in [0, 0.1) is 0 Å². The van der Waals surface area contributed by atoms with Crippen molar-refractivity contribution in [3.8, 4) is 5.75 Å². The lowest BCUT2D eigenvalue weighted by Crippen LogP contribution is -1.91.